The molecule has 2 rings (SSSR count). The molecular formula is C15H15NOSZn. The van der Waals surface area contributed by atoms with Crippen LogP contribution < -0.4 is 0 Å². The Morgan fingerprint density at radius 2 is 1.21 bits per heavy atom. The molecule has 0 aliphatic rings. The van der Waals surface area contributed by atoms with Gasteiger partial charge in [-0.25, -0.2) is 0 Å². The first-order valence-corrected chi connectivity index (χ1v) is 6.22. The maximum absolute atomic E-state index is 9.59. The Bertz CT molecular complexity index is 463. The molecule has 0 heterocycles. The monoisotopic (exact) mass is 321 g/mol. The van der Waals surface area contributed by atoms with Crippen LogP contribution in [0.15, 0.2) is 60.7 Å². The normalized spacial score (nSPS) is 9.47. The van der Waals surface area contributed by atoms with Crippen molar-refractivity contribution in [3.63, 3.8) is 0 Å². The quantitative estimate of drug-likeness (QED) is 0.688. The second-order valence-corrected chi connectivity index (χ2v) is 4.47. The molecule has 0 bridgehead atoms. The zero-order valence-electron chi connectivity index (χ0n) is 10.7. The first-order valence-electron chi connectivity index (χ1n) is 5.81. The molecule has 0 aliphatic heterocycles. The van der Waals surface area contributed by atoms with Gasteiger partial charge in [-0.15, -0.1) is 0 Å². The van der Waals surface area contributed by atoms with Gasteiger partial charge in [-0.1, -0.05) is 60.7 Å². The summed E-state index contributed by atoms with van der Waals surface area (Å²) in [5.41, 5.74) is 2.26. The van der Waals surface area contributed by atoms with Crippen molar-refractivity contribution >= 4 is 17.4 Å². The first kappa shape index (κ1) is 15.8. The van der Waals surface area contributed by atoms with E-state index < -0.39 is 0 Å². The van der Waals surface area contributed by atoms with Gasteiger partial charge in [0.2, 0.25) is 0 Å². The van der Waals surface area contributed by atoms with Crippen molar-refractivity contribution in [2.75, 3.05) is 0 Å². The summed E-state index contributed by atoms with van der Waals surface area (Å²) in [4.78, 5) is 1.78. The zero-order chi connectivity index (χ0) is 12.8. The smallest absolute Gasteiger partial charge is 0.257 e. The fraction of sp³-hybridized carbons (Fsp3) is 0.133. The number of nitrogens with zero attached hydrogens (tertiary/aromatic N) is 1. The third-order valence-electron chi connectivity index (χ3n) is 2.70. The van der Waals surface area contributed by atoms with E-state index in [2.05, 4.69) is 0 Å². The maximum Gasteiger partial charge on any atom is 0.257 e. The number of rotatable bonds is 4. The van der Waals surface area contributed by atoms with Crippen LogP contribution in [-0.2, 0) is 32.6 Å². The summed E-state index contributed by atoms with van der Waals surface area (Å²) in [6.07, 6.45) is 0. The Morgan fingerprint density at radius 1 is 0.842 bits per heavy atom. The SMILES string of the molecule is OC(=S)N(Cc1ccccc1)Cc1ccccc1.[Zn]. The van der Waals surface area contributed by atoms with Gasteiger partial charge in [0.1, 0.15) is 0 Å². The van der Waals surface area contributed by atoms with E-state index in [-0.39, 0.29) is 24.7 Å². The van der Waals surface area contributed by atoms with Crippen LogP contribution in [0.3, 0.4) is 0 Å². The molecule has 2 nitrogen and oxygen atoms in total. The summed E-state index contributed by atoms with van der Waals surface area (Å²) in [6.45, 7) is 1.23. The molecule has 94 valence electrons. The van der Waals surface area contributed by atoms with E-state index in [0.29, 0.717) is 13.1 Å². The Kier molecular flexibility index (Phi) is 6.68. The van der Waals surface area contributed by atoms with Gasteiger partial charge < -0.3 is 10.0 Å². The van der Waals surface area contributed by atoms with Gasteiger partial charge in [-0.3, -0.25) is 0 Å². The molecule has 4 heteroatoms. The maximum atomic E-state index is 9.59. The van der Waals surface area contributed by atoms with Crippen LogP contribution >= 0.6 is 12.2 Å². The van der Waals surface area contributed by atoms with Crippen molar-refractivity contribution in [3.8, 4) is 0 Å². The molecule has 1 N–H and O–H groups in total. The van der Waals surface area contributed by atoms with Crippen molar-refractivity contribution in [1.29, 1.82) is 0 Å². The molecule has 0 spiro atoms. The molecule has 0 saturated heterocycles. The van der Waals surface area contributed by atoms with E-state index in [1.165, 1.54) is 0 Å². The third-order valence-corrected chi connectivity index (χ3v) is 2.96. The molecule has 0 fully saturated rings. The molecule has 19 heavy (non-hydrogen) atoms. The van der Waals surface area contributed by atoms with Gasteiger partial charge in [-0.05, 0) is 23.3 Å². The van der Waals surface area contributed by atoms with Crippen molar-refractivity contribution in [2.24, 2.45) is 0 Å². The molecule has 2 aromatic carbocycles. The third kappa shape index (κ3) is 5.09. The summed E-state index contributed by atoms with van der Waals surface area (Å²) < 4.78 is 0. The summed E-state index contributed by atoms with van der Waals surface area (Å²) in [5, 5.41) is 9.53. The van der Waals surface area contributed by atoms with Crippen molar-refractivity contribution in [2.45, 2.75) is 13.1 Å². The summed E-state index contributed by atoms with van der Waals surface area (Å²) >= 11 is 4.90. The topological polar surface area (TPSA) is 23.5 Å². The van der Waals surface area contributed by atoms with E-state index in [1.54, 1.807) is 4.90 Å². The van der Waals surface area contributed by atoms with Crippen LogP contribution in [0, 0.1) is 0 Å². The van der Waals surface area contributed by atoms with Crippen LogP contribution in [0.2, 0.25) is 0 Å². The van der Waals surface area contributed by atoms with Crippen molar-refractivity contribution < 1.29 is 24.6 Å². The van der Waals surface area contributed by atoms with Crippen LogP contribution in [0.4, 0.5) is 0 Å². The van der Waals surface area contributed by atoms with Gasteiger partial charge in [0.05, 0.1) is 0 Å². The van der Waals surface area contributed by atoms with Gasteiger partial charge in [0, 0.05) is 32.6 Å². The molecule has 2 aromatic rings. The fourth-order valence-corrected chi connectivity index (χ4v) is 1.93. The first-order chi connectivity index (χ1) is 8.75. The number of thiocarbonyl (C=S) groups is 1. The zero-order valence-corrected chi connectivity index (χ0v) is 14.5. The molecule has 0 amide bonds. The average Bonchev–Trinajstić information content (AvgIpc) is 2.40. The molecule has 0 unspecified atom stereocenters. The van der Waals surface area contributed by atoms with E-state index in [9.17, 15) is 5.11 Å². The van der Waals surface area contributed by atoms with Crippen LogP contribution in [-0.4, -0.2) is 15.2 Å². The predicted octanol–water partition coefficient (Wildman–Crippen LogP) is 3.53. The van der Waals surface area contributed by atoms with Gasteiger partial charge in [0.15, 0.2) is 0 Å². The Balaban J connectivity index is 0.00000180. The standard InChI is InChI=1S/C15H15NOS.Zn/c17-15(18)16(11-13-7-3-1-4-8-13)12-14-9-5-2-6-10-14;/h1-10H,11-12H2,(H,17,18);. The molecule has 0 radical (unpaired) electrons. The fourth-order valence-electron chi connectivity index (χ4n) is 1.80. The second-order valence-electron chi connectivity index (χ2n) is 4.11. The largest absolute Gasteiger partial charge is 0.486 e. The van der Waals surface area contributed by atoms with Gasteiger partial charge >= 0.3 is 0 Å². The minimum absolute atomic E-state index is 0. The minimum atomic E-state index is -0.0669. The summed E-state index contributed by atoms with van der Waals surface area (Å²) in [5.74, 6) is 0. The van der Waals surface area contributed by atoms with E-state index in [1.807, 2.05) is 60.7 Å². The summed E-state index contributed by atoms with van der Waals surface area (Å²) in [7, 11) is 0. The van der Waals surface area contributed by atoms with Crippen LogP contribution in [0.25, 0.3) is 0 Å². The van der Waals surface area contributed by atoms with Gasteiger partial charge in [0.25, 0.3) is 5.17 Å². The Morgan fingerprint density at radius 3 is 1.53 bits per heavy atom. The minimum Gasteiger partial charge on any atom is -0.486 e. The number of hydrogen-bond acceptors (Lipinski definition) is 1. The molecule has 0 atom stereocenters. The number of hydrogen-bond donors (Lipinski definition) is 1. The Hall–Kier alpha value is -1.25. The predicted molar refractivity (Wildman–Crippen MR) is 77.4 cm³/mol. The molecule has 0 aliphatic carbocycles. The van der Waals surface area contributed by atoms with E-state index in [4.69, 9.17) is 12.2 Å². The number of benzene rings is 2. The molecular weight excluding hydrogens is 308 g/mol. The van der Waals surface area contributed by atoms with Gasteiger partial charge in [-0.2, -0.15) is 0 Å². The average molecular weight is 323 g/mol. The summed E-state index contributed by atoms with van der Waals surface area (Å²) in [6, 6.07) is 20.0. The van der Waals surface area contributed by atoms with E-state index >= 15 is 0 Å². The second kappa shape index (κ2) is 8.03. The number of aliphatic hydroxyl groups is 1. The van der Waals surface area contributed by atoms with Crippen LogP contribution in [0.1, 0.15) is 11.1 Å². The van der Waals surface area contributed by atoms with Crippen LogP contribution in [0.5, 0.6) is 0 Å². The Labute approximate surface area is 131 Å². The van der Waals surface area contributed by atoms with Crippen molar-refractivity contribution in [3.05, 3.63) is 71.8 Å². The van der Waals surface area contributed by atoms with E-state index in [0.717, 1.165) is 11.1 Å². The number of aliphatic hydroxyl groups excluding tert-OH is 1. The molecule has 0 saturated carbocycles. The molecule has 0 aromatic heterocycles. The van der Waals surface area contributed by atoms with Crippen molar-refractivity contribution in [1.82, 2.24) is 4.90 Å².